The van der Waals surface area contributed by atoms with Crippen molar-refractivity contribution < 1.29 is 19.3 Å². The van der Waals surface area contributed by atoms with Gasteiger partial charge in [-0.05, 0) is 58.1 Å². The molecular weight excluding hydrogens is 395 g/mol. The second-order valence-electron chi connectivity index (χ2n) is 8.79. The molecule has 0 saturated carbocycles. The molecule has 5 heteroatoms. The van der Waals surface area contributed by atoms with Crippen molar-refractivity contribution in [2.45, 2.75) is 105 Å². The molecule has 0 radical (unpaired) electrons. The number of rotatable bonds is 14. The molecule has 2 atom stereocenters. The molecule has 0 bridgehead atoms. The van der Waals surface area contributed by atoms with Gasteiger partial charge in [0.05, 0.1) is 5.41 Å². The zero-order valence-electron chi connectivity index (χ0n) is 19.7. The summed E-state index contributed by atoms with van der Waals surface area (Å²) < 4.78 is 8.17. The third-order valence-corrected chi connectivity index (χ3v) is 5.94. The molecule has 0 aliphatic carbocycles. The zero-order chi connectivity index (χ0) is 23.2. The van der Waals surface area contributed by atoms with Crippen molar-refractivity contribution in [2.24, 2.45) is 5.41 Å². The largest absolute Gasteiger partial charge is 0.481 e. The van der Waals surface area contributed by atoms with Crippen molar-refractivity contribution in [3.05, 3.63) is 34.4 Å². The molecule has 4 nitrogen and oxygen atoms in total. The molecule has 1 N–H and O–H groups in total. The van der Waals surface area contributed by atoms with Crippen LogP contribution in [0.2, 0.25) is 0 Å². The zero-order valence-corrected chi connectivity index (χ0v) is 20.8. The molecule has 0 amide bonds. The Kier molecular flexibility index (Phi) is 14.5. The van der Waals surface area contributed by atoms with E-state index >= 15 is 0 Å². The maximum Gasteiger partial charge on any atom is 0.310 e. The maximum absolute atomic E-state index is 12.6. The minimum atomic E-state index is -0.697. The third kappa shape index (κ3) is 9.98. The van der Waals surface area contributed by atoms with E-state index in [4.69, 9.17) is 4.57 Å². The summed E-state index contributed by atoms with van der Waals surface area (Å²) in [5.41, 5.74) is 3.45. The van der Waals surface area contributed by atoms with E-state index in [0.717, 1.165) is 48.8 Å². The maximum atomic E-state index is 12.6. The number of hydrogen-bond acceptors (Lipinski definition) is 3. The van der Waals surface area contributed by atoms with Crippen molar-refractivity contribution in [1.29, 1.82) is 0 Å². The third-order valence-electron chi connectivity index (χ3n) is 5.94. The van der Waals surface area contributed by atoms with Crippen molar-refractivity contribution in [1.82, 2.24) is 0 Å². The van der Waals surface area contributed by atoms with E-state index in [0.29, 0.717) is 12.8 Å². The van der Waals surface area contributed by atoms with E-state index in [2.05, 4.69) is 19.1 Å². The number of aryl methyl sites for hydroxylation is 3. The Hall–Kier alpha value is -1.54. The van der Waals surface area contributed by atoms with E-state index in [1.165, 1.54) is 40.4 Å². The molecule has 0 aliphatic heterocycles. The van der Waals surface area contributed by atoms with Crippen LogP contribution in [-0.4, -0.2) is 16.9 Å². The summed E-state index contributed by atoms with van der Waals surface area (Å²) >= 11 is 0. The molecule has 0 aromatic heterocycles. The quantitative estimate of drug-likeness (QED) is 0.187. The van der Waals surface area contributed by atoms with E-state index in [1.54, 1.807) is 0 Å². The Morgan fingerprint density at radius 2 is 1.33 bits per heavy atom. The number of carbonyl (C=O) groups excluding carboxylic acids is 1. The van der Waals surface area contributed by atoms with E-state index < -0.39 is 11.4 Å². The molecule has 0 aliphatic rings. The highest BCUT2D eigenvalue weighted by atomic mass is 31.0. The number of carboxylic acid groups (broad SMARTS) is 1. The molecule has 1 rings (SSSR count). The van der Waals surface area contributed by atoms with E-state index in [-0.39, 0.29) is 5.78 Å². The Morgan fingerprint density at radius 1 is 0.867 bits per heavy atom. The summed E-state index contributed by atoms with van der Waals surface area (Å²) in [4.78, 5) is 24.4. The van der Waals surface area contributed by atoms with Crippen LogP contribution in [0.4, 0.5) is 0 Å². The molecule has 1 aromatic rings. The lowest BCUT2D eigenvalue weighted by Crippen LogP contribution is -2.27. The monoisotopic (exact) mass is 437 g/mol. The molecule has 0 fully saturated rings. The molecule has 170 valence electrons. The first kappa shape index (κ1) is 28.5. The van der Waals surface area contributed by atoms with Crippen LogP contribution in [-0.2, 0) is 9.36 Å². The van der Waals surface area contributed by atoms with Gasteiger partial charge in [0, 0.05) is 12.0 Å². The number of carboxylic acids is 1. The van der Waals surface area contributed by atoms with Crippen LogP contribution in [0.15, 0.2) is 12.1 Å². The molecule has 0 spiro atoms. The Bertz CT molecular complexity index is 648. The Balaban J connectivity index is 0.00000407. The van der Waals surface area contributed by atoms with Gasteiger partial charge in [0.15, 0.2) is 5.78 Å². The number of benzene rings is 1. The summed E-state index contributed by atoms with van der Waals surface area (Å²) in [5, 5.41) is 9.69. The van der Waals surface area contributed by atoms with Gasteiger partial charge in [-0.3, -0.25) is 9.59 Å². The van der Waals surface area contributed by atoms with Gasteiger partial charge in [-0.2, -0.15) is 0 Å². The number of ketones is 1. The highest BCUT2D eigenvalue weighted by molar-refractivity contribution is 7.00. The normalized spacial score (nSPS) is 12.6. The number of carbonyl (C=O) groups is 2. The number of unbranched alkanes of at least 4 members (excludes halogenated alkanes) is 6. The van der Waals surface area contributed by atoms with Crippen LogP contribution in [0.25, 0.3) is 0 Å². The van der Waals surface area contributed by atoms with E-state index in [1.807, 2.05) is 27.7 Å². The van der Waals surface area contributed by atoms with Gasteiger partial charge >= 0.3 is 15.1 Å². The van der Waals surface area contributed by atoms with E-state index in [9.17, 15) is 14.7 Å². The van der Waals surface area contributed by atoms with Gasteiger partial charge in [-0.15, -0.1) is 0 Å². The lowest BCUT2D eigenvalue weighted by molar-refractivity contribution is -0.149. The van der Waals surface area contributed by atoms with Crippen LogP contribution >= 0.6 is 9.12 Å². The topological polar surface area (TPSA) is 71.4 Å². The molecule has 30 heavy (non-hydrogen) atoms. The first-order chi connectivity index (χ1) is 14.2. The summed E-state index contributed by atoms with van der Waals surface area (Å²) in [6, 6.07) is 4.12. The van der Waals surface area contributed by atoms with Gasteiger partial charge in [-0.1, -0.05) is 74.1 Å². The van der Waals surface area contributed by atoms with Crippen molar-refractivity contribution in [2.75, 3.05) is 0 Å². The Morgan fingerprint density at radius 3 is 1.83 bits per heavy atom. The Labute approximate surface area is 185 Å². The van der Waals surface area contributed by atoms with Crippen LogP contribution in [0.5, 0.6) is 0 Å². The summed E-state index contributed by atoms with van der Waals surface area (Å²) in [6.45, 7) is 10.1. The summed E-state index contributed by atoms with van der Waals surface area (Å²) in [6.07, 6.45) is 10.5. The van der Waals surface area contributed by atoms with Gasteiger partial charge in [0.2, 0.25) is 0 Å². The van der Waals surface area contributed by atoms with Crippen LogP contribution in [0, 0.1) is 26.2 Å². The minimum Gasteiger partial charge on any atom is -0.481 e. The number of hydrogen-bond donors (Lipinski definition) is 1. The smallest absolute Gasteiger partial charge is 0.310 e. The summed E-state index contributed by atoms with van der Waals surface area (Å²) in [5.74, 6) is -0.513. The van der Waals surface area contributed by atoms with Gasteiger partial charge in [-0.25, -0.2) is 0 Å². The molecule has 0 saturated heterocycles. The summed E-state index contributed by atoms with van der Waals surface area (Å²) in [7, 11) is 1.17. The minimum absolute atomic E-state index is 0.183. The van der Waals surface area contributed by atoms with Crippen LogP contribution in [0.1, 0.15) is 112 Å². The highest BCUT2D eigenvalue weighted by Gasteiger charge is 2.31. The first-order valence-corrected chi connectivity index (χ1v) is 11.8. The fourth-order valence-corrected chi connectivity index (χ4v) is 4.18. The lowest BCUT2D eigenvalue weighted by Gasteiger charge is -2.24. The van der Waals surface area contributed by atoms with Gasteiger partial charge in [0.1, 0.15) is 0 Å². The van der Waals surface area contributed by atoms with Crippen molar-refractivity contribution in [3.63, 3.8) is 0 Å². The fraction of sp³-hybridized carbons (Fsp3) is 0.680. The fourth-order valence-electron chi connectivity index (χ4n) is 4.18. The van der Waals surface area contributed by atoms with Crippen LogP contribution in [0.3, 0.4) is 0 Å². The average molecular weight is 438 g/mol. The highest BCUT2D eigenvalue weighted by Crippen LogP contribution is 2.32. The van der Waals surface area contributed by atoms with Gasteiger partial charge < -0.3 is 5.11 Å². The molecule has 1 aromatic carbocycles. The van der Waals surface area contributed by atoms with Crippen molar-refractivity contribution in [3.8, 4) is 0 Å². The standard InChI is InChI=1S/C25H40O3.H2OP/c1-6-7-8-9-10-12-15-25(5,24(27)28)16-13-11-14-22(26)23-20(3)17-19(2)18-21(23)4;1-2/h17-18H,6-16H2,1-5H3,(H,27,28);2H2/q;+1. The molecule has 2 unspecified atom stereocenters. The van der Waals surface area contributed by atoms with Crippen LogP contribution < -0.4 is 0 Å². The SMILES string of the molecule is CCCCCCCCC(C)(CCCCC(=O)c1c(C)cc(C)cc1C)C(=O)O.O=[PH2+]. The van der Waals surface area contributed by atoms with Gasteiger partial charge in [0.25, 0.3) is 0 Å². The molecule has 0 heterocycles. The first-order valence-electron chi connectivity index (χ1n) is 11.3. The predicted molar refractivity (Wildman–Crippen MR) is 128 cm³/mol. The lowest BCUT2D eigenvalue weighted by atomic mass is 9.79. The average Bonchev–Trinajstić information content (AvgIpc) is 2.68. The predicted octanol–water partition coefficient (Wildman–Crippen LogP) is 7.40. The van der Waals surface area contributed by atoms with Crippen molar-refractivity contribution >= 4 is 20.9 Å². The second kappa shape index (κ2) is 15.3. The number of aliphatic carboxylic acids is 1. The molecular formula is C25H42O4P+. The number of Topliss-reactive ketones (excluding diaryl/α,β-unsaturated/α-hetero) is 1. The second-order valence-corrected chi connectivity index (χ2v) is 8.79.